The number of hydrogen-bond acceptors (Lipinski definition) is 3. The average molecular weight is 237 g/mol. The Kier molecular flexibility index (Phi) is 3.39. The third-order valence-corrected chi connectivity index (χ3v) is 3.69. The molecule has 1 aliphatic rings. The quantitative estimate of drug-likeness (QED) is 0.858. The van der Waals surface area contributed by atoms with Gasteiger partial charge < -0.3 is 10.5 Å². The third kappa shape index (κ3) is 2.16. The summed E-state index contributed by atoms with van der Waals surface area (Å²) in [5.74, 6) is 1.29. The summed E-state index contributed by atoms with van der Waals surface area (Å²) in [6, 6.07) is 3.94. The van der Waals surface area contributed by atoms with Crippen LogP contribution >= 0.6 is 11.8 Å². The molecule has 0 saturated carbocycles. The maximum Gasteiger partial charge on any atom is 0.252 e. The van der Waals surface area contributed by atoms with Gasteiger partial charge in [-0.1, -0.05) is 6.92 Å². The van der Waals surface area contributed by atoms with Crippen molar-refractivity contribution in [2.24, 2.45) is 5.73 Å². The maximum absolute atomic E-state index is 11.4. The standard InChI is InChI=1S/C12H15NO2S/c1-2-8-6-9(12(13)14)11-10(7-8)16-5-3-4-15-11/h6-7H,2-5H2,1H3,(H2,13,14). The van der Waals surface area contributed by atoms with Crippen LogP contribution in [-0.4, -0.2) is 18.3 Å². The number of benzene rings is 1. The van der Waals surface area contributed by atoms with Crippen molar-refractivity contribution >= 4 is 17.7 Å². The number of ether oxygens (including phenoxy) is 1. The van der Waals surface area contributed by atoms with E-state index < -0.39 is 5.91 Å². The summed E-state index contributed by atoms with van der Waals surface area (Å²) in [4.78, 5) is 12.4. The molecule has 0 saturated heterocycles. The molecule has 0 aromatic heterocycles. The predicted octanol–water partition coefficient (Wildman–Crippen LogP) is 2.22. The third-order valence-electron chi connectivity index (χ3n) is 2.58. The van der Waals surface area contributed by atoms with Gasteiger partial charge in [0.25, 0.3) is 5.91 Å². The SMILES string of the molecule is CCc1cc2c(c(C(N)=O)c1)OCCCS2. The van der Waals surface area contributed by atoms with Crippen molar-refractivity contribution in [1.82, 2.24) is 0 Å². The van der Waals surface area contributed by atoms with E-state index in [0.717, 1.165) is 29.1 Å². The van der Waals surface area contributed by atoms with Crippen LogP contribution in [0.15, 0.2) is 17.0 Å². The highest BCUT2D eigenvalue weighted by Crippen LogP contribution is 2.36. The van der Waals surface area contributed by atoms with E-state index >= 15 is 0 Å². The Bertz CT molecular complexity index is 418. The fourth-order valence-corrected chi connectivity index (χ4v) is 2.73. The largest absolute Gasteiger partial charge is 0.492 e. The van der Waals surface area contributed by atoms with Gasteiger partial charge in [-0.3, -0.25) is 4.79 Å². The van der Waals surface area contributed by atoms with Crippen LogP contribution in [0, 0.1) is 0 Å². The Morgan fingerprint density at radius 2 is 2.38 bits per heavy atom. The summed E-state index contributed by atoms with van der Waals surface area (Å²) >= 11 is 1.74. The Labute approximate surface area is 99.4 Å². The van der Waals surface area contributed by atoms with Gasteiger partial charge in [-0.25, -0.2) is 0 Å². The molecule has 0 unspecified atom stereocenters. The van der Waals surface area contributed by atoms with Crippen molar-refractivity contribution in [3.8, 4) is 5.75 Å². The minimum Gasteiger partial charge on any atom is -0.492 e. The van der Waals surface area contributed by atoms with Crippen LogP contribution in [0.4, 0.5) is 0 Å². The van der Waals surface area contributed by atoms with E-state index in [9.17, 15) is 4.79 Å². The topological polar surface area (TPSA) is 52.3 Å². The number of aryl methyl sites for hydroxylation is 1. The van der Waals surface area contributed by atoms with Crippen LogP contribution in [0.3, 0.4) is 0 Å². The van der Waals surface area contributed by atoms with Gasteiger partial charge in [-0.15, -0.1) is 11.8 Å². The molecule has 2 rings (SSSR count). The highest BCUT2D eigenvalue weighted by atomic mass is 32.2. The number of thioether (sulfide) groups is 1. The van der Waals surface area contributed by atoms with Gasteiger partial charge in [-0.05, 0) is 30.5 Å². The van der Waals surface area contributed by atoms with Crippen LogP contribution in [0.5, 0.6) is 5.75 Å². The van der Waals surface area contributed by atoms with E-state index in [1.54, 1.807) is 11.8 Å². The van der Waals surface area contributed by atoms with E-state index in [2.05, 4.69) is 13.0 Å². The average Bonchev–Trinajstić information content (AvgIpc) is 2.52. The van der Waals surface area contributed by atoms with E-state index in [1.165, 1.54) is 0 Å². The Morgan fingerprint density at radius 1 is 1.56 bits per heavy atom. The second-order valence-corrected chi connectivity index (χ2v) is 4.88. The highest BCUT2D eigenvalue weighted by Gasteiger charge is 2.18. The van der Waals surface area contributed by atoms with Crippen molar-refractivity contribution in [2.45, 2.75) is 24.7 Å². The summed E-state index contributed by atoms with van der Waals surface area (Å²) in [5.41, 5.74) is 7.03. The van der Waals surface area contributed by atoms with Crippen LogP contribution < -0.4 is 10.5 Å². The van der Waals surface area contributed by atoms with Gasteiger partial charge >= 0.3 is 0 Å². The first-order valence-electron chi connectivity index (χ1n) is 5.44. The molecule has 1 heterocycles. The Morgan fingerprint density at radius 3 is 3.06 bits per heavy atom. The van der Waals surface area contributed by atoms with Crippen molar-refractivity contribution in [1.29, 1.82) is 0 Å². The molecule has 16 heavy (non-hydrogen) atoms. The Hall–Kier alpha value is -1.16. The first-order valence-corrected chi connectivity index (χ1v) is 6.43. The summed E-state index contributed by atoms with van der Waals surface area (Å²) in [6.07, 6.45) is 1.90. The zero-order chi connectivity index (χ0) is 11.5. The summed E-state index contributed by atoms with van der Waals surface area (Å²) in [6.45, 7) is 2.72. The predicted molar refractivity (Wildman–Crippen MR) is 65.2 cm³/mol. The minimum atomic E-state index is -0.408. The molecule has 0 spiro atoms. The molecule has 1 aromatic carbocycles. The van der Waals surface area contributed by atoms with Crippen LogP contribution in [0.2, 0.25) is 0 Å². The van der Waals surface area contributed by atoms with Crippen molar-refractivity contribution in [2.75, 3.05) is 12.4 Å². The number of fused-ring (bicyclic) bond motifs is 1. The van der Waals surface area contributed by atoms with Gasteiger partial charge in [0.05, 0.1) is 17.1 Å². The molecular formula is C12H15NO2S. The molecule has 2 N–H and O–H groups in total. The van der Waals surface area contributed by atoms with E-state index in [1.807, 2.05) is 6.07 Å². The number of primary amides is 1. The second kappa shape index (κ2) is 4.78. The summed E-state index contributed by atoms with van der Waals surface area (Å²) < 4.78 is 5.62. The number of rotatable bonds is 2. The molecular weight excluding hydrogens is 222 g/mol. The molecule has 3 nitrogen and oxygen atoms in total. The first-order chi connectivity index (χ1) is 7.72. The smallest absolute Gasteiger partial charge is 0.252 e. The van der Waals surface area contributed by atoms with Crippen LogP contribution in [-0.2, 0) is 6.42 Å². The highest BCUT2D eigenvalue weighted by molar-refractivity contribution is 7.99. The lowest BCUT2D eigenvalue weighted by Crippen LogP contribution is -2.14. The van der Waals surface area contributed by atoms with E-state index in [4.69, 9.17) is 10.5 Å². The van der Waals surface area contributed by atoms with Crippen molar-refractivity contribution in [3.05, 3.63) is 23.3 Å². The maximum atomic E-state index is 11.4. The summed E-state index contributed by atoms with van der Waals surface area (Å²) in [7, 11) is 0. The van der Waals surface area contributed by atoms with E-state index in [0.29, 0.717) is 17.9 Å². The normalized spacial score (nSPS) is 14.8. The fraction of sp³-hybridized carbons (Fsp3) is 0.417. The molecule has 0 aliphatic carbocycles. The number of carbonyl (C=O) groups is 1. The Balaban J connectivity index is 2.53. The molecule has 1 amide bonds. The number of nitrogens with two attached hydrogens (primary N) is 1. The second-order valence-electron chi connectivity index (χ2n) is 3.74. The monoisotopic (exact) mass is 237 g/mol. The zero-order valence-electron chi connectivity index (χ0n) is 9.29. The molecule has 0 bridgehead atoms. The van der Waals surface area contributed by atoms with Gasteiger partial charge in [-0.2, -0.15) is 0 Å². The molecule has 0 atom stereocenters. The van der Waals surface area contributed by atoms with Gasteiger partial charge in [0.15, 0.2) is 0 Å². The lowest BCUT2D eigenvalue weighted by molar-refractivity contribution is 0.0996. The number of amides is 1. The molecule has 1 aliphatic heterocycles. The number of hydrogen-bond donors (Lipinski definition) is 1. The summed E-state index contributed by atoms with van der Waals surface area (Å²) in [5, 5.41) is 0. The van der Waals surface area contributed by atoms with Crippen molar-refractivity contribution < 1.29 is 9.53 Å². The molecule has 1 aromatic rings. The molecule has 86 valence electrons. The van der Waals surface area contributed by atoms with E-state index in [-0.39, 0.29) is 0 Å². The first kappa shape index (κ1) is 11.3. The lowest BCUT2D eigenvalue weighted by Gasteiger charge is -2.12. The molecule has 4 heteroatoms. The number of carbonyl (C=O) groups excluding carboxylic acids is 1. The fourth-order valence-electron chi connectivity index (χ4n) is 1.72. The molecule has 0 fully saturated rings. The lowest BCUT2D eigenvalue weighted by atomic mass is 10.1. The van der Waals surface area contributed by atoms with Gasteiger partial charge in [0.1, 0.15) is 5.75 Å². The zero-order valence-corrected chi connectivity index (χ0v) is 10.1. The van der Waals surface area contributed by atoms with Crippen LogP contribution in [0.25, 0.3) is 0 Å². The minimum absolute atomic E-state index is 0.408. The van der Waals surface area contributed by atoms with Gasteiger partial charge in [0, 0.05) is 5.75 Å². The van der Waals surface area contributed by atoms with Gasteiger partial charge in [0.2, 0.25) is 0 Å². The van der Waals surface area contributed by atoms with Crippen LogP contribution in [0.1, 0.15) is 29.3 Å². The molecule has 0 radical (unpaired) electrons. The van der Waals surface area contributed by atoms with Crippen molar-refractivity contribution in [3.63, 3.8) is 0 Å².